The molecule has 1 fully saturated rings. The number of rotatable bonds is 3. The number of aromatic nitrogens is 1. The van der Waals surface area contributed by atoms with Gasteiger partial charge in [-0.1, -0.05) is 27.2 Å². The molecule has 0 aromatic carbocycles. The fraction of sp³-hybridized carbons (Fsp3) is 0.647. The maximum atomic E-state index is 9.42. The summed E-state index contributed by atoms with van der Waals surface area (Å²) in [5, 5.41) is 18.6. The van der Waals surface area contributed by atoms with Gasteiger partial charge in [0.2, 0.25) is 0 Å². The average Bonchev–Trinajstić information content (AvgIpc) is 2.94. The van der Waals surface area contributed by atoms with Gasteiger partial charge in [0.25, 0.3) is 0 Å². The minimum absolute atomic E-state index is 0.0263. The van der Waals surface area contributed by atoms with Crippen molar-refractivity contribution in [3.05, 3.63) is 24.0 Å². The van der Waals surface area contributed by atoms with Crippen LogP contribution in [0.15, 0.2) is 18.3 Å². The van der Waals surface area contributed by atoms with E-state index in [1.54, 1.807) is 0 Å². The van der Waals surface area contributed by atoms with Crippen LogP contribution in [0, 0.1) is 39.9 Å². The minimum Gasteiger partial charge on any atom is -0.335 e. The van der Waals surface area contributed by atoms with E-state index in [2.05, 4.69) is 32.9 Å². The lowest BCUT2D eigenvalue weighted by Crippen LogP contribution is -2.34. The lowest BCUT2D eigenvalue weighted by atomic mass is 9.66. The Bertz CT molecular complexity index is 541. The molecular formula is C17H23N3. The van der Waals surface area contributed by atoms with Crippen LogP contribution in [0.2, 0.25) is 0 Å². The molecule has 0 aliphatic heterocycles. The van der Waals surface area contributed by atoms with Crippen LogP contribution in [0.25, 0.3) is 0 Å². The predicted molar refractivity (Wildman–Crippen MR) is 78.7 cm³/mol. The summed E-state index contributed by atoms with van der Waals surface area (Å²) >= 11 is 0. The molecule has 0 saturated heterocycles. The molecule has 0 radical (unpaired) electrons. The Hall–Kier alpha value is -1.74. The van der Waals surface area contributed by atoms with E-state index < -0.39 is 0 Å². The Labute approximate surface area is 121 Å². The van der Waals surface area contributed by atoms with Gasteiger partial charge in [-0.2, -0.15) is 10.5 Å². The van der Waals surface area contributed by atoms with Crippen molar-refractivity contribution >= 4 is 0 Å². The second kappa shape index (κ2) is 5.71. The second-order valence-electron chi connectivity index (χ2n) is 6.57. The zero-order valence-electron chi connectivity index (χ0n) is 12.6. The number of nitrogens with zero attached hydrogens (tertiary/aromatic N) is 3. The highest BCUT2D eigenvalue weighted by molar-refractivity contribution is 5.23. The first-order chi connectivity index (χ1) is 9.53. The third kappa shape index (κ3) is 2.59. The van der Waals surface area contributed by atoms with Gasteiger partial charge in [0.15, 0.2) is 0 Å². The monoisotopic (exact) mass is 269 g/mol. The molecule has 3 nitrogen and oxygen atoms in total. The first kappa shape index (κ1) is 14.7. The molecule has 2 rings (SSSR count). The van der Waals surface area contributed by atoms with Crippen molar-refractivity contribution in [3.8, 4) is 12.1 Å². The van der Waals surface area contributed by atoms with Gasteiger partial charge < -0.3 is 4.57 Å². The zero-order valence-corrected chi connectivity index (χ0v) is 12.6. The van der Waals surface area contributed by atoms with Gasteiger partial charge in [0, 0.05) is 6.20 Å². The van der Waals surface area contributed by atoms with Crippen LogP contribution in [0.5, 0.6) is 0 Å². The molecular weight excluding hydrogens is 246 g/mol. The van der Waals surface area contributed by atoms with E-state index in [-0.39, 0.29) is 12.0 Å². The smallest absolute Gasteiger partial charge is 0.120 e. The van der Waals surface area contributed by atoms with Crippen molar-refractivity contribution in [2.75, 3.05) is 0 Å². The van der Waals surface area contributed by atoms with Crippen LogP contribution in [0.4, 0.5) is 0 Å². The Morgan fingerprint density at radius 3 is 2.70 bits per heavy atom. The molecule has 0 amide bonds. The maximum absolute atomic E-state index is 9.42. The summed E-state index contributed by atoms with van der Waals surface area (Å²) in [5.41, 5.74) is 0.976. The summed E-state index contributed by atoms with van der Waals surface area (Å²) < 4.78 is 2.02. The normalized spacial score (nSPS) is 26.8. The van der Waals surface area contributed by atoms with Crippen LogP contribution in [-0.2, 0) is 0 Å². The third-order valence-electron chi connectivity index (χ3n) is 5.25. The highest BCUT2D eigenvalue weighted by Crippen LogP contribution is 2.46. The van der Waals surface area contributed by atoms with Gasteiger partial charge >= 0.3 is 0 Å². The highest BCUT2D eigenvalue weighted by Gasteiger charge is 2.38. The first-order valence-electron chi connectivity index (χ1n) is 7.50. The molecule has 3 atom stereocenters. The summed E-state index contributed by atoms with van der Waals surface area (Å²) in [5.74, 6) is 0.648. The Kier molecular flexibility index (Phi) is 4.19. The molecule has 0 N–H and O–H groups in total. The van der Waals surface area contributed by atoms with E-state index in [1.807, 2.05) is 22.9 Å². The van der Waals surface area contributed by atoms with Crippen molar-refractivity contribution in [2.24, 2.45) is 17.3 Å². The lowest BCUT2D eigenvalue weighted by Gasteiger charge is -2.42. The first-order valence-corrected chi connectivity index (χ1v) is 7.50. The van der Waals surface area contributed by atoms with Crippen LogP contribution < -0.4 is 0 Å². The lowest BCUT2D eigenvalue weighted by molar-refractivity contribution is 0.104. The number of hydrogen-bond donors (Lipinski definition) is 0. The summed E-state index contributed by atoms with van der Waals surface area (Å²) in [6.07, 6.45) is 6.17. The molecule has 3 unspecified atom stereocenters. The zero-order chi connectivity index (χ0) is 14.8. The van der Waals surface area contributed by atoms with E-state index >= 15 is 0 Å². The molecule has 20 heavy (non-hydrogen) atoms. The van der Waals surface area contributed by atoms with Crippen LogP contribution in [-0.4, -0.2) is 4.57 Å². The fourth-order valence-corrected chi connectivity index (χ4v) is 3.38. The Morgan fingerprint density at radius 1 is 1.35 bits per heavy atom. The van der Waals surface area contributed by atoms with Crippen LogP contribution in [0.3, 0.4) is 0 Å². The molecule has 1 saturated carbocycles. The maximum Gasteiger partial charge on any atom is 0.120 e. The van der Waals surface area contributed by atoms with Gasteiger partial charge in [0.1, 0.15) is 11.8 Å². The quantitative estimate of drug-likeness (QED) is 0.822. The Balaban J connectivity index is 2.29. The Morgan fingerprint density at radius 2 is 2.10 bits per heavy atom. The second-order valence-corrected chi connectivity index (χ2v) is 6.57. The SMILES string of the molecule is CCC(C)(C)C1CCC(C#N)C(n2cccc2C#N)C1. The van der Waals surface area contributed by atoms with Gasteiger partial charge in [-0.05, 0) is 42.7 Å². The number of hydrogen-bond acceptors (Lipinski definition) is 2. The van der Waals surface area contributed by atoms with Crippen molar-refractivity contribution < 1.29 is 0 Å². The molecule has 106 valence electrons. The summed E-state index contributed by atoms with van der Waals surface area (Å²) in [4.78, 5) is 0. The van der Waals surface area contributed by atoms with E-state index in [0.717, 1.165) is 25.7 Å². The van der Waals surface area contributed by atoms with Gasteiger partial charge in [-0.25, -0.2) is 0 Å². The average molecular weight is 269 g/mol. The molecule has 1 heterocycles. The number of nitriles is 2. The van der Waals surface area contributed by atoms with Crippen molar-refractivity contribution in [1.29, 1.82) is 10.5 Å². The summed E-state index contributed by atoms with van der Waals surface area (Å²) in [7, 11) is 0. The molecule has 0 bridgehead atoms. The molecule has 1 aromatic rings. The summed E-state index contributed by atoms with van der Waals surface area (Å²) in [6.45, 7) is 6.88. The molecule has 0 spiro atoms. The van der Waals surface area contributed by atoms with Crippen molar-refractivity contribution in [3.63, 3.8) is 0 Å². The molecule has 3 heteroatoms. The van der Waals surface area contributed by atoms with Gasteiger partial charge in [-0.3, -0.25) is 0 Å². The van der Waals surface area contributed by atoms with E-state index in [1.165, 1.54) is 0 Å². The van der Waals surface area contributed by atoms with Gasteiger partial charge in [0.05, 0.1) is 18.0 Å². The third-order valence-corrected chi connectivity index (χ3v) is 5.25. The standard InChI is InChI=1S/C17H23N3/c1-4-17(2,3)14-8-7-13(11-18)16(10-14)20-9-5-6-15(20)12-19/h5-6,9,13-14,16H,4,7-8,10H2,1-3H3. The largest absolute Gasteiger partial charge is 0.335 e. The molecule has 1 aromatic heterocycles. The van der Waals surface area contributed by atoms with Crippen LogP contribution in [0.1, 0.15) is 58.2 Å². The van der Waals surface area contributed by atoms with E-state index in [4.69, 9.17) is 0 Å². The van der Waals surface area contributed by atoms with E-state index in [9.17, 15) is 10.5 Å². The topological polar surface area (TPSA) is 52.5 Å². The van der Waals surface area contributed by atoms with E-state index in [0.29, 0.717) is 17.0 Å². The summed E-state index contributed by atoms with van der Waals surface area (Å²) in [6, 6.07) is 8.58. The van der Waals surface area contributed by atoms with Crippen molar-refractivity contribution in [1.82, 2.24) is 4.57 Å². The molecule has 1 aliphatic carbocycles. The minimum atomic E-state index is 0.0263. The van der Waals surface area contributed by atoms with Crippen molar-refractivity contribution in [2.45, 2.75) is 52.5 Å². The molecule has 1 aliphatic rings. The fourth-order valence-electron chi connectivity index (χ4n) is 3.38. The van der Waals surface area contributed by atoms with Gasteiger partial charge in [-0.15, -0.1) is 0 Å². The predicted octanol–water partition coefficient (Wildman–Crippen LogP) is 4.28. The van der Waals surface area contributed by atoms with Crippen LogP contribution >= 0.6 is 0 Å². The highest BCUT2D eigenvalue weighted by atomic mass is 15.0.